The predicted octanol–water partition coefficient (Wildman–Crippen LogP) is 7.61. The Kier molecular flexibility index (Phi) is 6.75. The number of benzene rings is 4. The first kappa shape index (κ1) is 20.8. The molecule has 0 bridgehead atoms. The summed E-state index contributed by atoms with van der Waals surface area (Å²) in [5, 5.41) is 18.8. The molecule has 0 saturated heterocycles. The predicted molar refractivity (Wildman–Crippen MR) is 130 cm³/mol. The molecule has 0 aliphatic heterocycles. The van der Waals surface area contributed by atoms with Gasteiger partial charge in [0.1, 0.15) is 0 Å². The van der Waals surface area contributed by atoms with Gasteiger partial charge < -0.3 is 0 Å². The van der Waals surface area contributed by atoms with Crippen molar-refractivity contribution in [1.29, 1.82) is 10.5 Å². The average Bonchev–Trinajstić information content (AvgIpc) is 2.85. The van der Waals surface area contributed by atoms with Gasteiger partial charge in [-0.3, -0.25) is 0 Å². The third kappa shape index (κ3) is 5.38. The van der Waals surface area contributed by atoms with Crippen LogP contribution in [0.5, 0.6) is 0 Å². The molecule has 0 fully saturated rings. The fourth-order valence-corrected chi connectivity index (χ4v) is 5.11. The van der Waals surface area contributed by atoms with Gasteiger partial charge in [0.05, 0.1) is 23.3 Å². The summed E-state index contributed by atoms with van der Waals surface area (Å²) < 4.78 is 0. The standard InChI is InChI=1S/C27H18N2S2/c28-17-20-1-5-22(6-2-20)24-9-13-26(14-10-24)30-19-31-27-15-11-25(12-16-27)23-7-3-21(18-29)4-8-23/h1-16H,19H2. The van der Waals surface area contributed by atoms with Crippen LogP contribution in [0.15, 0.2) is 107 Å². The van der Waals surface area contributed by atoms with Gasteiger partial charge in [0.2, 0.25) is 0 Å². The van der Waals surface area contributed by atoms with Crippen LogP contribution in [0.1, 0.15) is 11.1 Å². The molecule has 4 aromatic carbocycles. The quantitative estimate of drug-likeness (QED) is 0.231. The summed E-state index contributed by atoms with van der Waals surface area (Å²) in [7, 11) is 0. The number of thioether (sulfide) groups is 2. The monoisotopic (exact) mass is 434 g/mol. The van der Waals surface area contributed by atoms with E-state index in [1.165, 1.54) is 9.79 Å². The van der Waals surface area contributed by atoms with E-state index in [1.54, 1.807) is 0 Å². The van der Waals surface area contributed by atoms with Crippen LogP contribution in [-0.4, -0.2) is 5.08 Å². The minimum absolute atomic E-state index is 0.679. The van der Waals surface area contributed by atoms with E-state index in [4.69, 9.17) is 10.5 Å². The smallest absolute Gasteiger partial charge is 0.0991 e. The third-order valence-electron chi connectivity index (χ3n) is 4.85. The molecule has 0 heterocycles. The van der Waals surface area contributed by atoms with Crippen molar-refractivity contribution in [3.05, 3.63) is 108 Å². The molecule has 4 rings (SSSR count). The van der Waals surface area contributed by atoms with Gasteiger partial charge in [-0.05, 0) is 70.8 Å². The lowest BCUT2D eigenvalue weighted by Crippen LogP contribution is -1.81. The molecular formula is C27H18N2S2. The van der Waals surface area contributed by atoms with Gasteiger partial charge in [0, 0.05) is 14.9 Å². The van der Waals surface area contributed by atoms with E-state index in [1.807, 2.05) is 72.1 Å². The first-order valence-electron chi connectivity index (χ1n) is 9.72. The first-order chi connectivity index (χ1) is 15.2. The second-order valence-corrected chi connectivity index (χ2v) is 9.30. The van der Waals surface area contributed by atoms with Gasteiger partial charge in [0.25, 0.3) is 0 Å². The first-order valence-corrected chi connectivity index (χ1v) is 11.7. The van der Waals surface area contributed by atoms with E-state index >= 15 is 0 Å². The van der Waals surface area contributed by atoms with Crippen molar-refractivity contribution in [2.75, 3.05) is 5.08 Å². The Morgan fingerprint density at radius 2 is 0.742 bits per heavy atom. The number of rotatable bonds is 6. The molecular weight excluding hydrogens is 416 g/mol. The van der Waals surface area contributed by atoms with E-state index in [-0.39, 0.29) is 0 Å². The number of hydrogen-bond donors (Lipinski definition) is 0. The maximum Gasteiger partial charge on any atom is 0.0991 e. The molecule has 0 aliphatic rings. The topological polar surface area (TPSA) is 47.6 Å². The summed E-state index contributed by atoms with van der Waals surface area (Å²) in [5.41, 5.74) is 5.90. The molecule has 0 amide bonds. The van der Waals surface area contributed by atoms with Crippen LogP contribution in [-0.2, 0) is 0 Å². The zero-order chi connectivity index (χ0) is 21.5. The molecule has 0 aliphatic carbocycles. The van der Waals surface area contributed by atoms with Crippen molar-refractivity contribution < 1.29 is 0 Å². The number of nitrogens with zero attached hydrogens (tertiary/aromatic N) is 2. The fourth-order valence-electron chi connectivity index (χ4n) is 3.13. The molecule has 148 valence electrons. The lowest BCUT2D eigenvalue weighted by atomic mass is 10.0. The summed E-state index contributed by atoms with van der Waals surface area (Å²) in [6, 6.07) is 36.7. The molecule has 0 radical (unpaired) electrons. The van der Waals surface area contributed by atoms with Gasteiger partial charge in [-0.2, -0.15) is 10.5 Å². The Morgan fingerprint density at radius 1 is 0.452 bits per heavy atom. The normalized spacial score (nSPS) is 10.3. The van der Waals surface area contributed by atoms with Crippen LogP contribution in [0.2, 0.25) is 0 Å². The molecule has 4 heteroatoms. The summed E-state index contributed by atoms with van der Waals surface area (Å²) in [4.78, 5) is 2.47. The molecule has 0 spiro atoms. The lowest BCUT2D eigenvalue weighted by Gasteiger charge is -2.06. The van der Waals surface area contributed by atoms with Gasteiger partial charge in [0.15, 0.2) is 0 Å². The van der Waals surface area contributed by atoms with Gasteiger partial charge in [-0.1, -0.05) is 48.5 Å². The van der Waals surface area contributed by atoms with Crippen molar-refractivity contribution in [1.82, 2.24) is 0 Å². The van der Waals surface area contributed by atoms with Crippen LogP contribution in [0.3, 0.4) is 0 Å². The highest BCUT2D eigenvalue weighted by atomic mass is 32.2. The van der Waals surface area contributed by atoms with Crippen LogP contribution < -0.4 is 0 Å². The third-order valence-corrected chi connectivity index (χ3v) is 7.01. The molecule has 0 aromatic heterocycles. The molecule has 2 nitrogen and oxygen atoms in total. The molecule has 0 atom stereocenters. The zero-order valence-corrected chi connectivity index (χ0v) is 18.3. The summed E-state index contributed by atoms with van der Waals surface area (Å²) >= 11 is 3.64. The van der Waals surface area contributed by atoms with Crippen molar-refractivity contribution in [2.24, 2.45) is 0 Å². The van der Waals surface area contributed by atoms with Crippen LogP contribution in [0, 0.1) is 22.7 Å². The van der Waals surface area contributed by atoms with E-state index in [9.17, 15) is 0 Å². The second kappa shape index (κ2) is 10.0. The average molecular weight is 435 g/mol. The Morgan fingerprint density at radius 3 is 1.03 bits per heavy atom. The molecule has 4 aromatic rings. The fraction of sp³-hybridized carbons (Fsp3) is 0.0370. The van der Waals surface area contributed by atoms with E-state index in [0.717, 1.165) is 27.3 Å². The van der Waals surface area contributed by atoms with E-state index in [0.29, 0.717) is 11.1 Å². The summed E-state index contributed by atoms with van der Waals surface area (Å²) in [6.07, 6.45) is 0. The SMILES string of the molecule is N#Cc1ccc(-c2ccc(SCSc3ccc(-c4ccc(C#N)cc4)cc3)cc2)cc1. The second-order valence-electron chi connectivity index (χ2n) is 6.83. The Labute approximate surface area is 191 Å². The highest BCUT2D eigenvalue weighted by molar-refractivity contribution is 8.16. The molecule has 31 heavy (non-hydrogen) atoms. The minimum atomic E-state index is 0.679. The number of hydrogen-bond acceptors (Lipinski definition) is 4. The summed E-state index contributed by atoms with van der Waals surface area (Å²) in [6.45, 7) is 0. The highest BCUT2D eigenvalue weighted by Gasteiger charge is 2.02. The largest absolute Gasteiger partial charge is 0.192 e. The minimum Gasteiger partial charge on any atom is -0.192 e. The molecule has 0 N–H and O–H groups in total. The summed E-state index contributed by atoms with van der Waals surface area (Å²) in [5.74, 6) is 0. The molecule has 0 unspecified atom stereocenters. The van der Waals surface area contributed by atoms with Crippen molar-refractivity contribution in [3.63, 3.8) is 0 Å². The maximum atomic E-state index is 8.92. The van der Waals surface area contributed by atoms with Crippen molar-refractivity contribution >= 4 is 23.5 Å². The van der Waals surface area contributed by atoms with Crippen LogP contribution >= 0.6 is 23.5 Å². The Hall–Kier alpha value is -3.44. The van der Waals surface area contributed by atoms with Gasteiger partial charge in [-0.25, -0.2) is 0 Å². The Balaban J connectivity index is 1.31. The van der Waals surface area contributed by atoms with Crippen molar-refractivity contribution in [2.45, 2.75) is 9.79 Å². The molecule has 0 saturated carbocycles. The Bertz CT molecular complexity index is 1130. The highest BCUT2D eigenvalue weighted by Crippen LogP contribution is 2.31. The van der Waals surface area contributed by atoms with Gasteiger partial charge >= 0.3 is 0 Å². The zero-order valence-electron chi connectivity index (χ0n) is 16.7. The lowest BCUT2D eigenvalue weighted by molar-refractivity contribution is 1.44. The van der Waals surface area contributed by atoms with Crippen molar-refractivity contribution in [3.8, 4) is 34.4 Å². The maximum absolute atomic E-state index is 8.92. The number of nitriles is 2. The van der Waals surface area contributed by atoms with Gasteiger partial charge in [-0.15, -0.1) is 23.5 Å². The van der Waals surface area contributed by atoms with Crippen LogP contribution in [0.25, 0.3) is 22.3 Å². The van der Waals surface area contributed by atoms with Crippen LogP contribution in [0.4, 0.5) is 0 Å². The van der Waals surface area contributed by atoms with E-state index < -0.39 is 0 Å². The van der Waals surface area contributed by atoms with E-state index in [2.05, 4.69) is 60.7 Å².